The molecule has 0 spiro atoms. The molecule has 1 fully saturated rings. The van der Waals surface area contributed by atoms with E-state index in [4.69, 9.17) is 4.74 Å². The molecule has 0 radical (unpaired) electrons. The van der Waals surface area contributed by atoms with Crippen LogP contribution in [0.4, 0.5) is 0 Å². The summed E-state index contributed by atoms with van der Waals surface area (Å²) >= 11 is 0. The van der Waals surface area contributed by atoms with Gasteiger partial charge in [0.2, 0.25) is 5.91 Å². The van der Waals surface area contributed by atoms with Crippen molar-refractivity contribution in [3.05, 3.63) is 71.9 Å². The van der Waals surface area contributed by atoms with Crippen LogP contribution in [0.15, 0.2) is 60.7 Å². The summed E-state index contributed by atoms with van der Waals surface area (Å²) < 4.78 is 5.32. The molecule has 1 saturated heterocycles. The molecule has 1 amide bonds. The summed E-state index contributed by atoms with van der Waals surface area (Å²) in [5.41, 5.74) is 4.26. The maximum absolute atomic E-state index is 12.8. The minimum Gasteiger partial charge on any atom is -0.497 e. The van der Waals surface area contributed by atoms with E-state index in [-0.39, 0.29) is 11.9 Å². The number of nitrogens with one attached hydrogen (secondary N) is 1. The highest BCUT2D eigenvalue weighted by molar-refractivity contribution is 5.76. The lowest BCUT2D eigenvalue weighted by Crippen LogP contribution is -2.35. The van der Waals surface area contributed by atoms with E-state index < -0.39 is 0 Å². The van der Waals surface area contributed by atoms with Crippen molar-refractivity contribution in [1.29, 1.82) is 0 Å². The molecule has 2 heterocycles. The second kappa shape index (κ2) is 10.0. The molecule has 3 aromatic rings. The zero-order valence-corrected chi connectivity index (χ0v) is 19.1. The van der Waals surface area contributed by atoms with Gasteiger partial charge in [0, 0.05) is 37.2 Å². The van der Waals surface area contributed by atoms with Crippen molar-refractivity contribution < 1.29 is 9.53 Å². The molecule has 2 atom stereocenters. The molecule has 6 nitrogen and oxygen atoms in total. The minimum absolute atomic E-state index is 0.185. The Morgan fingerprint density at radius 1 is 1.16 bits per heavy atom. The number of amides is 1. The molecular weight excluding hydrogens is 400 g/mol. The number of hydrogen-bond donors (Lipinski definition) is 1. The van der Waals surface area contributed by atoms with E-state index in [1.54, 1.807) is 7.11 Å². The topological polar surface area (TPSA) is 61.5 Å². The maximum atomic E-state index is 12.8. The first-order valence-corrected chi connectivity index (χ1v) is 11.3. The largest absolute Gasteiger partial charge is 0.497 e. The van der Waals surface area contributed by atoms with Crippen molar-refractivity contribution in [1.82, 2.24) is 20.0 Å². The third-order valence-electron chi connectivity index (χ3n) is 6.59. The van der Waals surface area contributed by atoms with Crippen molar-refractivity contribution in [3.8, 4) is 17.0 Å². The number of carbonyl (C=O) groups excluding carboxylic acids is 1. The van der Waals surface area contributed by atoms with Gasteiger partial charge in [-0.15, -0.1) is 0 Å². The molecule has 1 aromatic heterocycles. The minimum atomic E-state index is 0.185. The van der Waals surface area contributed by atoms with Crippen LogP contribution in [0.2, 0.25) is 0 Å². The average Bonchev–Trinajstić information content (AvgIpc) is 3.26. The van der Waals surface area contributed by atoms with Crippen molar-refractivity contribution in [3.63, 3.8) is 0 Å². The normalized spacial score (nSPS) is 17.9. The maximum Gasteiger partial charge on any atom is 0.222 e. The molecule has 0 bridgehead atoms. The van der Waals surface area contributed by atoms with Crippen LogP contribution in [-0.2, 0) is 11.3 Å². The number of nitrogens with zero attached hydrogens (tertiary/aromatic N) is 3. The summed E-state index contributed by atoms with van der Waals surface area (Å²) in [6, 6.07) is 20.8. The summed E-state index contributed by atoms with van der Waals surface area (Å²) in [6.07, 6.45) is 2.40. The standard InChI is InChI=1S/C26H32N4O2/c1-19(24-17-25(28-27-24)21-9-5-4-6-10-21)29(2)22-12-13-26(31)30(15-14-22)18-20-8-7-11-23(16-20)32-3/h4-11,16-17,19,22H,12-15,18H2,1-3H3,(H,27,28)/t19-,22-/m1/s1. The van der Waals surface area contributed by atoms with E-state index in [0.717, 1.165) is 47.7 Å². The molecule has 0 aliphatic carbocycles. The number of methoxy groups -OCH3 is 1. The average molecular weight is 433 g/mol. The summed E-state index contributed by atoms with van der Waals surface area (Å²) in [4.78, 5) is 17.2. The number of hydrogen-bond acceptors (Lipinski definition) is 4. The molecule has 1 N–H and O–H groups in total. The Balaban J connectivity index is 1.40. The first kappa shape index (κ1) is 22.1. The smallest absolute Gasteiger partial charge is 0.222 e. The molecule has 168 valence electrons. The summed E-state index contributed by atoms with van der Waals surface area (Å²) in [6.45, 7) is 3.59. The van der Waals surface area contributed by atoms with Crippen LogP contribution in [-0.4, -0.2) is 52.6 Å². The molecule has 32 heavy (non-hydrogen) atoms. The monoisotopic (exact) mass is 432 g/mol. The number of H-pyrrole nitrogens is 1. The molecular formula is C26H32N4O2. The van der Waals surface area contributed by atoms with E-state index in [2.05, 4.69) is 53.3 Å². The van der Waals surface area contributed by atoms with Crippen molar-refractivity contribution >= 4 is 5.91 Å². The third-order valence-corrected chi connectivity index (χ3v) is 6.59. The van der Waals surface area contributed by atoms with Gasteiger partial charge in [-0.3, -0.25) is 14.8 Å². The zero-order valence-electron chi connectivity index (χ0n) is 19.1. The lowest BCUT2D eigenvalue weighted by Gasteiger charge is -2.32. The van der Waals surface area contributed by atoms with Gasteiger partial charge >= 0.3 is 0 Å². The highest BCUT2D eigenvalue weighted by Gasteiger charge is 2.28. The number of carbonyl (C=O) groups is 1. The quantitative estimate of drug-likeness (QED) is 0.590. The van der Waals surface area contributed by atoms with Crippen molar-refractivity contribution in [2.45, 2.75) is 44.8 Å². The first-order valence-electron chi connectivity index (χ1n) is 11.3. The van der Waals surface area contributed by atoms with Crippen LogP contribution in [0.3, 0.4) is 0 Å². The van der Waals surface area contributed by atoms with Crippen LogP contribution < -0.4 is 4.74 Å². The SMILES string of the molecule is COc1cccc(CN2CC[C@H](N(C)[C@H](C)c3cc(-c4ccccc4)n[nH]3)CCC2=O)c1. The van der Waals surface area contributed by atoms with Gasteiger partial charge in [0.15, 0.2) is 0 Å². The predicted molar refractivity (Wildman–Crippen MR) is 126 cm³/mol. The molecule has 6 heteroatoms. The van der Waals surface area contributed by atoms with E-state index in [0.29, 0.717) is 19.0 Å². The molecule has 2 aromatic carbocycles. The number of benzene rings is 2. The van der Waals surface area contributed by atoms with Gasteiger partial charge in [-0.05, 0) is 50.6 Å². The molecule has 1 aliphatic heterocycles. The lowest BCUT2D eigenvalue weighted by molar-refractivity contribution is -0.131. The van der Waals surface area contributed by atoms with Gasteiger partial charge in [0.05, 0.1) is 18.5 Å². The van der Waals surface area contributed by atoms with Crippen LogP contribution in [0.5, 0.6) is 5.75 Å². The molecule has 0 saturated carbocycles. The highest BCUT2D eigenvalue weighted by Crippen LogP contribution is 2.28. The van der Waals surface area contributed by atoms with Gasteiger partial charge < -0.3 is 9.64 Å². The molecule has 0 unspecified atom stereocenters. The Morgan fingerprint density at radius 3 is 2.75 bits per heavy atom. The fourth-order valence-corrected chi connectivity index (χ4v) is 4.43. The second-order valence-electron chi connectivity index (χ2n) is 8.56. The van der Waals surface area contributed by atoms with Gasteiger partial charge in [0.1, 0.15) is 5.75 Å². The summed E-state index contributed by atoms with van der Waals surface area (Å²) in [7, 11) is 3.82. The number of aromatic nitrogens is 2. The van der Waals surface area contributed by atoms with E-state index in [9.17, 15) is 4.79 Å². The highest BCUT2D eigenvalue weighted by atomic mass is 16.5. The molecule has 1 aliphatic rings. The Hall–Kier alpha value is -3.12. The number of likely N-dealkylation sites (tertiary alicyclic amines) is 1. The van der Waals surface area contributed by atoms with E-state index in [1.165, 1.54) is 0 Å². The Kier molecular flexibility index (Phi) is 6.90. The second-order valence-corrected chi connectivity index (χ2v) is 8.56. The molecule has 4 rings (SSSR count). The fraction of sp³-hybridized carbons (Fsp3) is 0.385. The van der Waals surface area contributed by atoms with Crippen LogP contribution >= 0.6 is 0 Å². The summed E-state index contributed by atoms with van der Waals surface area (Å²) in [5.74, 6) is 1.05. The van der Waals surface area contributed by atoms with Gasteiger partial charge in [-0.1, -0.05) is 42.5 Å². The van der Waals surface area contributed by atoms with Gasteiger partial charge in [-0.2, -0.15) is 5.10 Å². The Morgan fingerprint density at radius 2 is 1.97 bits per heavy atom. The fourth-order valence-electron chi connectivity index (χ4n) is 4.43. The first-order chi connectivity index (χ1) is 15.5. The van der Waals surface area contributed by atoms with Crippen LogP contribution in [0.25, 0.3) is 11.3 Å². The van der Waals surface area contributed by atoms with Gasteiger partial charge in [-0.25, -0.2) is 0 Å². The van der Waals surface area contributed by atoms with Gasteiger partial charge in [0.25, 0.3) is 0 Å². The van der Waals surface area contributed by atoms with Crippen LogP contribution in [0.1, 0.15) is 43.5 Å². The van der Waals surface area contributed by atoms with Crippen LogP contribution in [0, 0.1) is 0 Å². The van der Waals surface area contributed by atoms with E-state index in [1.807, 2.05) is 41.3 Å². The Bertz CT molecular complexity index is 1030. The zero-order chi connectivity index (χ0) is 22.5. The summed E-state index contributed by atoms with van der Waals surface area (Å²) in [5, 5.41) is 7.73. The number of ether oxygens (including phenoxy) is 1. The van der Waals surface area contributed by atoms with E-state index >= 15 is 0 Å². The number of rotatable bonds is 7. The predicted octanol–water partition coefficient (Wildman–Crippen LogP) is 4.66. The lowest BCUT2D eigenvalue weighted by atomic mass is 10.0. The number of aromatic amines is 1. The Labute approximate surface area is 190 Å². The van der Waals surface area contributed by atoms with Crippen molar-refractivity contribution in [2.24, 2.45) is 0 Å². The van der Waals surface area contributed by atoms with Crippen molar-refractivity contribution in [2.75, 3.05) is 20.7 Å². The third kappa shape index (κ3) is 5.02.